The number of hydrogen-bond donors (Lipinski definition) is 3. The molecular formula is C23H28N2O7. The van der Waals surface area contributed by atoms with Crippen LogP contribution in [0, 0.1) is 0 Å². The molecule has 0 unspecified atom stereocenters. The monoisotopic (exact) mass is 444 g/mol. The number of aliphatic carboxylic acids is 1. The zero-order valence-electron chi connectivity index (χ0n) is 18.2. The van der Waals surface area contributed by atoms with Gasteiger partial charge in [-0.1, -0.05) is 0 Å². The van der Waals surface area contributed by atoms with Gasteiger partial charge in [-0.05, 0) is 50.9 Å². The number of rotatable bonds is 6. The first-order valence-electron chi connectivity index (χ1n) is 11.0. The zero-order chi connectivity index (χ0) is 23.0. The Kier molecular flexibility index (Phi) is 4.67. The summed E-state index contributed by atoms with van der Waals surface area (Å²) < 4.78 is 11.8. The van der Waals surface area contributed by atoms with Crippen molar-refractivity contribution in [3.63, 3.8) is 0 Å². The molecule has 5 rings (SSSR count). The fourth-order valence-electron chi connectivity index (χ4n) is 6.59. The van der Waals surface area contributed by atoms with E-state index < -0.39 is 29.1 Å². The second-order valence-electron chi connectivity index (χ2n) is 9.52. The number of benzene rings is 1. The molecule has 5 atom stereocenters. The van der Waals surface area contributed by atoms with E-state index in [1.807, 2.05) is 7.05 Å². The van der Waals surface area contributed by atoms with E-state index in [2.05, 4.69) is 4.90 Å². The molecule has 172 valence electrons. The number of methoxy groups -OCH3 is 1. The topological polar surface area (TPSA) is 139 Å². The predicted octanol–water partition coefficient (Wildman–Crippen LogP) is 0.423. The third-order valence-corrected chi connectivity index (χ3v) is 8.13. The maximum absolute atomic E-state index is 13.4. The SMILES string of the molecule is COc1cc(C(=O)[C@@H](N)CCC(=O)O)c2c3c1O[C@H]1C(=O)CC[C@@]4(O)[C@@H](C2)N(C)CC[C@]314. The van der Waals surface area contributed by atoms with Gasteiger partial charge in [0, 0.05) is 30.0 Å². The van der Waals surface area contributed by atoms with Crippen LogP contribution in [0.1, 0.15) is 53.6 Å². The number of carbonyl (C=O) groups excluding carboxylic acids is 2. The Morgan fingerprint density at radius 3 is 2.84 bits per heavy atom. The molecule has 0 amide bonds. The van der Waals surface area contributed by atoms with Crippen molar-refractivity contribution in [1.29, 1.82) is 0 Å². The summed E-state index contributed by atoms with van der Waals surface area (Å²) in [6, 6.07) is 0.339. The number of ketones is 2. The highest BCUT2D eigenvalue weighted by atomic mass is 16.5. The van der Waals surface area contributed by atoms with Crippen LogP contribution in [0.3, 0.4) is 0 Å². The number of likely N-dealkylation sites (N-methyl/N-ethyl adjacent to an activating group) is 1. The van der Waals surface area contributed by atoms with Crippen LogP contribution in [0.15, 0.2) is 6.07 Å². The van der Waals surface area contributed by atoms with Gasteiger partial charge in [-0.3, -0.25) is 14.4 Å². The summed E-state index contributed by atoms with van der Waals surface area (Å²) in [6.07, 6.45) is 0.522. The number of piperidine rings is 1. The molecule has 0 aromatic heterocycles. The number of likely N-dealkylation sites (tertiary alicyclic amines) is 1. The molecule has 9 nitrogen and oxygen atoms in total. The van der Waals surface area contributed by atoms with Gasteiger partial charge in [0.25, 0.3) is 0 Å². The van der Waals surface area contributed by atoms with Gasteiger partial charge >= 0.3 is 5.97 Å². The molecule has 1 aromatic rings. The van der Waals surface area contributed by atoms with Gasteiger partial charge in [-0.15, -0.1) is 0 Å². The second kappa shape index (κ2) is 7.00. The van der Waals surface area contributed by atoms with E-state index in [9.17, 15) is 19.5 Å². The van der Waals surface area contributed by atoms with Crippen molar-refractivity contribution in [3.05, 3.63) is 22.8 Å². The third kappa shape index (κ3) is 2.52. The van der Waals surface area contributed by atoms with Crippen molar-refractivity contribution in [2.45, 2.75) is 67.7 Å². The molecule has 1 aromatic carbocycles. The normalized spacial score (nSPS) is 33.3. The van der Waals surface area contributed by atoms with Crippen LogP contribution < -0.4 is 15.2 Å². The number of carboxylic acids is 1. The van der Waals surface area contributed by atoms with Crippen molar-refractivity contribution in [2.24, 2.45) is 5.73 Å². The average Bonchev–Trinajstić information content (AvgIpc) is 3.12. The van der Waals surface area contributed by atoms with Crippen LogP contribution in [0.5, 0.6) is 11.5 Å². The molecule has 2 bridgehead atoms. The summed E-state index contributed by atoms with van der Waals surface area (Å²) in [5, 5.41) is 21.0. The van der Waals surface area contributed by atoms with E-state index >= 15 is 0 Å². The smallest absolute Gasteiger partial charge is 0.303 e. The van der Waals surface area contributed by atoms with Crippen LogP contribution in [-0.4, -0.2) is 77.1 Å². The number of hydrogen-bond acceptors (Lipinski definition) is 8. The summed E-state index contributed by atoms with van der Waals surface area (Å²) in [4.78, 5) is 39.4. The number of nitrogens with two attached hydrogens (primary N) is 1. The first-order chi connectivity index (χ1) is 15.2. The van der Waals surface area contributed by atoms with Crippen LogP contribution in [0.25, 0.3) is 0 Å². The number of carboxylic acid groups (broad SMARTS) is 1. The van der Waals surface area contributed by atoms with Crippen molar-refractivity contribution < 1.29 is 34.1 Å². The fourth-order valence-corrected chi connectivity index (χ4v) is 6.59. The standard InChI is InChI=1S/C23H28N2O7/c1-25-8-7-22-18-11-10-16(25)23(22,30)6-5-14(26)21(22)32-20(18)15(31-2)9-12(11)19(29)13(24)3-4-17(27)28/h9,13,16,21,30H,3-8,10,24H2,1-2H3,(H,27,28)/t13-,16+,21-,22-,23+/m0/s1. The van der Waals surface area contributed by atoms with Crippen LogP contribution in [0.4, 0.5) is 0 Å². The lowest BCUT2D eigenvalue weighted by molar-refractivity contribution is -0.185. The molecule has 32 heavy (non-hydrogen) atoms. The van der Waals surface area contributed by atoms with E-state index in [1.54, 1.807) is 6.07 Å². The number of Topliss-reactive ketones (excluding diaryl/α,β-unsaturated/α-hetero) is 2. The van der Waals surface area contributed by atoms with Crippen molar-refractivity contribution in [3.8, 4) is 11.5 Å². The van der Waals surface area contributed by atoms with Crippen molar-refractivity contribution >= 4 is 17.5 Å². The number of nitrogens with zero attached hydrogens (tertiary/aromatic N) is 1. The molecule has 2 fully saturated rings. The lowest BCUT2D eigenvalue weighted by atomic mass is 9.48. The van der Waals surface area contributed by atoms with E-state index in [0.717, 1.165) is 5.56 Å². The molecule has 0 radical (unpaired) electrons. The Labute approximate surface area is 185 Å². The van der Waals surface area contributed by atoms with Gasteiger partial charge in [-0.2, -0.15) is 0 Å². The van der Waals surface area contributed by atoms with E-state index in [-0.39, 0.29) is 36.9 Å². The Morgan fingerprint density at radius 2 is 2.16 bits per heavy atom. The summed E-state index contributed by atoms with van der Waals surface area (Å²) in [5.74, 6) is -0.669. The molecule has 9 heteroatoms. The highest BCUT2D eigenvalue weighted by Crippen LogP contribution is 2.65. The minimum absolute atomic E-state index is 0.0169. The number of ether oxygens (including phenoxy) is 2. The molecular weight excluding hydrogens is 416 g/mol. The second-order valence-corrected chi connectivity index (χ2v) is 9.52. The lowest BCUT2D eigenvalue weighted by Crippen LogP contribution is -2.76. The maximum Gasteiger partial charge on any atom is 0.303 e. The van der Waals surface area contributed by atoms with E-state index in [4.69, 9.17) is 20.3 Å². The van der Waals surface area contributed by atoms with Crippen LogP contribution >= 0.6 is 0 Å². The Balaban J connectivity index is 1.72. The minimum atomic E-state index is -1.16. The van der Waals surface area contributed by atoms with Gasteiger partial charge in [-0.25, -0.2) is 0 Å². The largest absolute Gasteiger partial charge is 0.493 e. The van der Waals surface area contributed by atoms with Gasteiger partial charge < -0.3 is 30.3 Å². The summed E-state index contributed by atoms with van der Waals surface area (Å²) in [6.45, 7) is 0.692. The average molecular weight is 444 g/mol. The van der Waals surface area contributed by atoms with Gasteiger partial charge in [0.15, 0.2) is 29.2 Å². The van der Waals surface area contributed by atoms with E-state index in [1.165, 1.54) is 7.11 Å². The molecule has 1 saturated heterocycles. The molecule has 2 heterocycles. The quantitative estimate of drug-likeness (QED) is 0.533. The van der Waals surface area contributed by atoms with Crippen LogP contribution in [0.2, 0.25) is 0 Å². The summed E-state index contributed by atoms with van der Waals surface area (Å²) >= 11 is 0. The third-order valence-electron chi connectivity index (χ3n) is 8.13. The molecule has 2 aliphatic carbocycles. The number of aliphatic hydroxyl groups is 1. The predicted molar refractivity (Wildman–Crippen MR) is 112 cm³/mol. The lowest BCUT2D eigenvalue weighted by Gasteiger charge is -2.62. The van der Waals surface area contributed by atoms with Crippen LogP contribution in [-0.2, 0) is 21.4 Å². The molecule has 2 aliphatic heterocycles. The Hall–Kier alpha value is -2.49. The highest BCUT2D eigenvalue weighted by molar-refractivity contribution is 6.03. The molecule has 4 aliphatic rings. The first kappa shape index (κ1) is 21.4. The minimum Gasteiger partial charge on any atom is -0.493 e. The first-order valence-corrected chi connectivity index (χ1v) is 11.0. The molecule has 1 spiro atoms. The molecule has 1 saturated carbocycles. The van der Waals surface area contributed by atoms with Crippen molar-refractivity contribution in [2.75, 3.05) is 20.7 Å². The summed E-state index contributed by atoms with van der Waals surface area (Å²) in [5.41, 5.74) is 5.80. The van der Waals surface area contributed by atoms with Gasteiger partial charge in [0.2, 0.25) is 0 Å². The van der Waals surface area contributed by atoms with Gasteiger partial charge in [0.1, 0.15) is 0 Å². The molecule has 4 N–H and O–H groups in total. The fraction of sp³-hybridized carbons (Fsp3) is 0.609. The maximum atomic E-state index is 13.4. The van der Waals surface area contributed by atoms with Gasteiger partial charge in [0.05, 0.1) is 24.2 Å². The Morgan fingerprint density at radius 1 is 1.41 bits per heavy atom. The zero-order valence-corrected chi connectivity index (χ0v) is 18.2. The summed E-state index contributed by atoms with van der Waals surface area (Å²) in [7, 11) is 3.42. The number of carbonyl (C=O) groups is 3. The Bertz CT molecular complexity index is 1040. The van der Waals surface area contributed by atoms with E-state index in [0.29, 0.717) is 48.4 Å². The highest BCUT2D eigenvalue weighted by Gasteiger charge is 2.73. The van der Waals surface area contributed by atoms with Crippen molar-refractivity contribution in [1.82, 2.24) is 4.90 Å².